The molecular weight excluding hydrogens is 1150 g/mol. The van der Waals surface area contributed by atoms with Crippen LogP contribution in [0.4, 0.5) is 21.0 Å². The van der Waals surface area contributed by atoms with Crippen molar-refractivity contribution < 1.29 is 28.7 Å². The molecule has 6 aromatic carbocycles. The Labute approximate surface area is 490 Å². The van der Waals surface area contributed by atoms with E-state index in [0.717, 1.165) is 48.5 Å². The quantitative estimate of drug-likeness (QED) is 0.141. The van der Waals surface area contributed by atoms with Gasteiger partial charge in [-0.05, 0) is 126 Å². The standard InChI is InChI=1S/C24H23ClN4O3.C19H17BrClNO2.C19H15ClN4O/c1-24(2,3)32-23(31)29-20-14-16(27-22(30)19-11-12-26-28(19)4)10-9-15(20)13-21(29)17-7-5-6-8-18(17)25;1-19(2,3)24-18(23)22-16-11-13(20)9-8-12(16)10-17(22)14-6-4-5-7-15(14)21;1-24-18(8-9-21-24)19(25)22-13-7-6-12-10-17(23-16(12)11-13)14-4-2-3-5-15(14)20/h5-14H,1-4H3,(H,27,30);4-11H,1-3H3;2-11,23H,1H3,(H,22,25). The van der Waals surface area contributed by atoms with Crippen molar-refractivity contribution in [2.45, 2.75) is 52.7 Å². The molecule has 0 saturated carbocycles. The number of aromatic nitrogens is 7. The molecule has 5 aromatic heterocycles. The first-order valence-electron chi connectivity index (χ1n) is 25.4. The van der Waals surface area contributed by atoms with Gasteiger partial charge in [-0.15, -0.1) is 0 Å². The summed E-state index contributed by atoms with van der Waals surface area (Å²) in [6.45, 7) is 11.0. The van der Waals surface area contributed by atoms with Gasteiger partial charge in [-0.2, -0.15) is 10.2 Å². The number of anilines is 2. The summed E-state index contributed by atoms with van der Waals surface area (Å²) in [4.78, 5) is 54.3. The molecule has 11 aromatic rings. The Kier molecular flexibility index (Phi) is 16.8. The predicted octanol–water partition coefficient (Wildman–Crippen LogP) is 16.7. The molecule has 0 aliphatic heterocycles. The lowest BCUT2D eigenvalue weighted by atomic mass is 10.1. The molecule has 81 heavy (non-hydrogen) atoms. The van der Waals surface area contributed by atoms with Crippen molar-refractivity contribution in [3.63, 3.8) is 0 Å². The van der Waals surface area contributed by atoms with Crippen molar-refractivity contribution in [3.8, 4) is 33.8 Å². The molecule has 0 atom stereocenters. The normalized spacial score (nSPS) is 11.4. The van der Waals surface area contributed by atoms with E-state index >= 15 is 0 Å². The number of halogens is 4. The first kappa shape index (κ1) is 57.3. The summed E-state index contributed by atoms with van der Waals surface area (Å²) in [5, 5.41) is 18.4. The van der Waals surface area contributed by atoms with Crippen LogP contribution in [0.1, 0.15) is 62.5 Å². The fourth-order valence-corrected chi connectivity index (χ4v) is 9.86. The predicted molar refractivity (Wildman–Crippen MR) is 327 cm³/mol. The molecule has 3 N–H and O–H groups in total. The number of nitrogens with one attached hydrogen (secondary N) is 3. The van der Waals surface area contributed by atoms with E-state index in [0.29, 0.717) is 60.3 Å². The molecule has 0 radical (unpaired) electrons. The molecule has 0 unspecified atom stereocenters. The fourth-order valence-electron chi connectivity index (χ4n) is 8.81. The van der Waals surface area contributed by atoms with Crippen LogP contribution in [0.2, 0.25) is 15.1 Å². The van der Waals surface area contributed by atoms with Gasteiger partial charge in [0.05, 0.1) is 22.4 Å². The highest BCUT2D eigenvalue weighted by atomic mass is 79.9. The summed E-state index contributed by atoms with van der Waals surface area (Å²) in [5.41, 5.74) is 7.90. The number of rotatable bonds is 7. The number of fused-ring (bicyclic) bond motifs is 3. The van der Waals surface area contributed by atoms with Crippen LogP contribution in [-0.2, 0) is 23.6 Å². The Morgan fingerprint density at radius 2 is 0.926 bits per heavy atom. The highest BCUT2D eigenvalue weighted by Crippen LogP contribution is 2.37. The van der Waals surface area contributed by atoms with Crippen molar-refractivity contribution in [2.24, 2.45) is 14.1 Å². The van der Waals surface area contributed by atoms with Crippen molar-refractivity contribution in [2.75, 3.05) is 10.6 Å². The molecule has 412 valence electrons. The monoisotopic (exact) mass is 1210 g/mol. The second kappa shape index (κ2) is 23.7. The molecule has 15 nitrogen and oxygen atoms in total. The average molecular weight is 1210 g/mol. The molecule has 0 fully saturated rings. The maximum absolute atomic E-state index is 13.2. The lowest BCUT2D eigenvalue weighted by Gasteiger charge is -2.21. The number of hydrogen-bond acceptors (Lipinski definition) is 8. The molecule has 0 aliphatic rings. The van der Waals surface area contributed by atoms with E-state index in [2.05, 4.69) is 41.7 Å². The number of H-pyrrole nitrogens is 1. The van der Waals surface area contributed by atoms with Crippen LogP contribution in [0.25, 0.3) is 66.5 Å². The molecular formula is C62H55BrCl3N9O6. The number of carbonyl (C=O) groups excluding carboxylic acids is 4. The van der Waals surface area contributed by atoms with Crippen LogP contribution in [0.3, 0.4) is 0 Å². The van der Waals surface area contributed by atoms with Gasteiger partial charge in [-0.3, -0.25) is 19.0 Å². The van der Waals surface area contributed by atoms with Gasteiger partial charge in [0.2, 0.25) is 0 Å². The Hall–Kier alpha value is -8.41. The smallest absolute Gasteiger partial charge is 0.419 e. The number of ether oxygens (including phenoxy) is 2. The summed E-state index contributed by atoms with van der Waals surface area (Å²) in [5.74, 6) is -0.497. The minimum Gasteiger partial charge on any atom is -0.443 e. The minimum atomic E-state index is -0.684. The lowest BCUT2D eigenvalue weighted by molar-refractivity contribution is 0.0535. The number of benzene rings is 6. The van der Waals surface area contributed by atoms with Gasteiger partial charge in [0.15, 0.2) is 0 Å². The molecule has 11 rings (SSSR count). The van der Waals surface area contributed by atoms with Crippen molar-refractivity contribution in [3.05, 3.63) is 201 Å². The maximum Gasteiger partial charge on any atom is 0.419 e. The first-order chi connectivity index (χ1) is 38.5. The van der Waals surface area contributed by atoms with Gasteiger partial charge < -0.3 is 25.1 Å². The Morgan fingerprint density at radius 1 is 0.506 bits per heavy atom. The highest BCUT2D eigenvalue weighted by molar-refractivity contribution is 9.10. The minimum absolute atomic E-state index is 0.197. The van der Waals surface area contributed by atoms with Gasteiger partial charge in [-0.25, -0.2) is 18.7 Å². The number of aromatic amines is 1. The summed E-state index contributed by atoms with van der Waals surface area (Å²) in [6.07, 6.45) is 2.20. The van der Waals surface area contributed by atoms with E-state index in [-0.39, 0.29) is 11.8 Å². The Balaban J connectivity index is 0.000000149. The van der Waals surface area contributed by atoms with Crippen LogP contribution in [0.15, 0.2) is 175 Å². The van der Waals surface area contributed by atoms with Crippen LogP contribution in [-0.4, -0.2) is 68.9 Å². The number of aryl methyl sites for hydroxylation is 2. The highest BCUT2D eigenvalue weighted by Gasteiger charge is 2.26. The third-order valence-corrected chi connectivity index (χ3v) is 13.9. The van der Waals surface area contributed by atoms with Crippen molar-refractivity contribution in [1.29, 1.82) is 0 Å². The fraction of sp³-hybridized carbons (Fsp3) is 0.161. The first-order valence-corrected chi connectivity index (χ1v) is 27.3. The van der Waals surface area contributed by atoms with Crippen LogP contribution >= 0.6 is 50.7 Å². The second-order valence-electron chi connectivity index (χ2n) is 20.7. The van der Waals surface area contributed by atoms with Crippen molar-refractivity contribution in [1.82, 2.24) is 33.7 Å². The molecule has 0 spiro atoms. The second-order valence-corrected chi connectivity index (χ2v) is 22.8. The zero-order chi connectivity index (χ0) is 57.9. The topological polar surface area (TPSA) is 172 Å². The van der Waals surface area contributed by atoms with E-state index in [1.54, 1.807) is 61.4 Å². The number of hydrogen-bond donors (Lipinski definition) is 3. The van der Waals surface area contributed by atoms with Crippen LogP contribution in [0.5, 0.6) is 0 Å². The van der Waals surface area contributed by atoms with Crippen LogP contribution < -0.4 is 10.6 Å². The van der Waals surface area contributed by atoms with E-state index in [9.17, 15) is 19.2 Å². The van der Waals surface area contributed by atoms with Gasteiger partial charge >= 0.3 is 12.2 Å². The van der Waals surface area contributed by atoms with Gasteiger partial charge in [-0.1, -0.05) is 124 Å². The Morgan fingerprint density at radius 3 is 1.37 bits per heavy atom. The van der Waals surface area contributed by atoms with Gasteiger partial charge in [0, 0.05) is 101 Å². The molecule has 2 amide bonds. The van der Waals surface area contributed by atoms with Gasteiger partial charge in [0.1, 0.15) is 22.6 Å². The summed E-state index contributed by atoms with van der Waals surface area (Å²) >= 11 is 22.5. The third kappa shape index (κ3) is 13.3. The van der Waals surface area contributed by atoms with E-state index in [1.807, 2.05) is 169 Å². The van der Waals surface area contributed by atoms with Crippen LogP contribution in [0, 0.1) is 0 Å². The Bertz CT molecular complexity index is 4180. The summed E-state index contributed by atoms with van der Waals surface area (Å²) in [6, 6.07) is 48.6. The largest absolute Gasteiger partial charge is 0.443 e. The average Bonchev–Trinajstić information content (AvgIpc) is 4.39. The molecule has 19 heteroatoms. The molecule has 5 heterocycles. The number of carbonyl (C=O) groups is 4. The summed E-state index contributed by atoms with van der Waals surface area (Å²) < 4.78 is 18.3. The van der Waals surface area contributed by atoms with E-state index in [4.69, 9.17) is 44.3 Å². The van der Waals surface area contributed by atoms with Crippen molar-refractivity contribution >= 4 is 119 Å². The SMILES string of the molecule is CC(C)(C)OC(=O)n1c(-c2ccccc2Cl)cc2ccc(Br)cc21.Cn1nccc1C(=O)Nc1ccc2cc(-c3ccccc3Cl)[nH]c2c1.Cn1nccc1C(=O)Nc1ccc2cc(-c3ccccc3Cl)n(C(=O)OC(C)(C)C)c2c1. The maximum atomic E-state index is 13.2. The molecule has 0 saturated heterocycles. The third-order valence-electron chi connectivity index (χ3n) is 12.4. The molecule has 0 bridgehead atoms. The van der Waals surface area contributed by atoms with E-state index in [1.165, 1.54) is 13.9 Å². The zero-order valence-corrected chi connectivity index (χ0v) is 49.2. The van der Waals surface area contributed by atoms with Gasteiger partial charge in [0.25, 0.3) is 11.8 Å². The zero-order valence-electron chi connectivity index (χ0n) is 45.3. The lowest BCUT2D eigenvalue weighted by Crippen LogP contribution is -2.27. The summed E-state index contributed by atoms with van der Waals surface area (Å²) in [7, 11) is 3.43. The number of nitrogens with zero attached hydrogens (tertiary/aromatic N) is 6. The van der Waals surface area contributed by atoms with E-state index < -0.39 is 23.4 Å². The number of amides is 2. The molecule has 0 aliphatic carbocycles.